The molecule has 0 saturated carbocycles. The number of rotatable bonds is 5. The van der Waals surface area contributed by atoms with Crippen molar-refractivity contribution in [1.29, 1.82) is 0 Å². The van der Waals surface area contributed by atoms with Gasteiger partial charge in [-0.2, -0.15) is 5.10 Å². The van der Waals surface area contributed by atoms with Crippen LogP contribution in [-0.2, 0) is 9.84 Å². The second-order valence-electron chi connectivity index (χ2n) is 7.27. The van der Waals surface area contributed by atoms with Crippen LogP contribution in [0.25, 0.3) is 10.4 Å². The van der Waals surface area contributed by atoms with Crippen LogP contribution in [0.3, 0.4) is 0 Å². The molecular weight excluding hydrogens is 408 g/mol. The first-order chi connectivity index (χ1) is 13.8. The molecule has 0 aliphatic carbocycles. The summed E-state index contributed by atoms with van der Waals surface area (Å²) < 4.78 is 24.8. The van der Waals surface area contributed by atoms with Gasteiger partial charge in [0.25, 0.3) is 0 Å². The van der Waals surface area contributed by atoms with Crippen LogP contribution < -0.4 is 10.2 Å². The van der Waals surface area contributed by atoms with Gasteiger partial charge in [-0.15, -0.1) is 0 Å². The summed E-state index contributed by atoms with van der Waals surface area (Å²) >= 11 is 1.53. The molecular formula is C19H24N6O2S2. The molecule has 3 heterocycles. The van der Waals surface area contributed by atoms with Crippen LogP contribution in [0.15, 0.2) is 35.4 Å². The van der Waals surface area contributed by atoms with E-state index in [0.29, 0.717) is 4.90 Å². The van der Waals surface area contributed by atoms with Gasteiger partial charge in [-0.25, -0.2) is 13.4 Å². The number of benzene rings is 1. The molecule has 1 aliphatic heterocycles. The van der Waals surface area contributed by atoms with E-state index in [2.05, 4.69) is 37.3 Å². The lowest BCUT2D eigenvalue weighted by molar-refractivity contribution is 0.312. The van der Waals surface area contributed by atoms with Crippen LogP contribution in [0, 0.1) is 6.92 Å². The number of aromatic nitrogens is 3. The lowest BCUT2D eigenvalue weighted by atomic mass is 10.1. The summed E-state index contributed by atoms with van der Waals surface area (Å²) in [6.07, 6.45) is 2.95. The minimum absolute atomic E-state index is 0.378. The van der Waals surface area contributed by atoms with E-state index in [4.69, 9.17) is 0 Å². The Bertz CT molecular complexity index is 1100. The van der Waals surface area contributed by atoms with Crippen molar-refractivity contribution in [3.8, 4) is 10.4 Å². The highest BCUT2D eigenvalue weighted by Gasteiger charge is 2.23. The lowest BCUT2D eigenvalue weighted by Crippen LogP contribution is -2.44. The topological polar surface area (TPSA) is 94.2 Å². The van der Waals surface area contributed by atoms with E-state index < -0.39 is 9.84 Å². The summed E-state index contributed by atoms with van der Waals surface area (Å²) in [6.45, 7) is 5.38. The standard InChI is InChI=1S/C19H24N6O2S2/c1-13-18(28-19(21-13)22-17-6-7-20-23-17)14-4-5-16(29(3,26)27)15(12-14)25-10-8-24(2)9-11-25/h4-7,12H,8-11H2,1-3H3,(H2,20,21,22,23). The maximum absolute atomic E-state index is 12.4. The van der Waals surface area contributed by atoms with Gasteiger partial charge >= 0.3 is 0 Å². The van der Waals surface area contributed by atoms with E-state index in [-0.39, 0.29) is 0 Å². The van der Waals surface area contributed by atoms with Crippen LogP contribution in [0.4, 0.5) is 16.6 Å². The van der Waals surface area contributed by atoms with E-state index in [0.717, 1.165) is 59.0 Å². The molecule has 1 saturated heterocycles. The smallest absolute Gasteiger partial charge is 0.189 e. The first-order valence-electron chi connectivity index (χ1n) is 9.33. The predicted molar refractivity (Wildman–Crippen MR) is 117 cm³/mol. The van der Waals surface area contributed by atoms with Crippen molar-refractivity contribution in [3.63, 3.8) is 0 Å². The van der Waals surface area contributed by atoms with E-state index in [1.807, 2.05) is 25.1 Å². The molecule has 0 unspecified atom stereocenters. The summed E-state index contributed by atoms with van der Waals surface area (Å²) in [5, 5.41) is 10.8. The number of H-pyrrole nitrogens is 1. The summed E-state index contributed by atoms with van der Waals surface area (Å²) in [5.41, 5.74) is 2.64. The van der Waals surface area contributed by atoms with Gasteiger partial charge in [0.15, 0.2) is 15.0 Å². The monoisotopic (exact) mass is 432 g/mol. The molecule has 8 nitrogen and oxygen atoms in total. The Labute approximate surface area is 174 Å². The van der Waals surface area contributed by atoms with Gasteiger partial charge in [-0.1, -0.05) is 17.4 Å². The summed E-state index contributed by atoms with van der Waals surface area (Å²) in [7, 11) is -1.24. The number of piperazine rings is 1. The van der Waals surface area contributed by atoms with Crippen LogP contribution >= 0.6 is 11.3 Å². The molecule has 1 fully saturated rings. The Morgan fingerprint density at radius 1 is 1.17 bits per heavy atom. The Balaban J connectivity index is 1.71. The van der Waals surface area contributed by atoms with E-state index in [1.54, 1.807) is 12.3 Å². The third-order valence-corrected chi connectivity index (χ3v) is 7.27. The second-order valence-corrected chi connectivity index (χ2v) is 10.3. The molecule has 1 aromatic carbocycles. The van der Waals surface area contributed by atoms with Gasteiger partial charge in [0.2, 0.25) is 0 Å². The van der Waals surface area contributed by atoms with Crippen molar-refractivity contribution in [1.82, 2.24) is 20.1 Å². The molecule has 1 aliphatic rings. The van der Waals surface area contributed by atoms with Crippen LogP contribution in [0.1, 0.15) is 5.69 Å². The normalized spacial score (nSPS) is 15.6. The SMILES string of the molecule is Cc1nc(Nc2ccn[nH]2)sc1-c1ccc(S(C)(=O)=O)c(N2CCN(C)CC2)c1. The van der Waals surface area contributed by atoms with E-state index >= 15 is 0 Å². The zero-order valence-electron chi connectivity index (χ0n) is 16.6. The number of sulfone groups is 1. The van der Waals surface area contributed by atoms with Gasteiger partial charge in [0, 0.05) is 38.5 Å². The third-order valence-electron chi connectivity index (χ3n) is 5.00. The van der Waals surface area contributed by atoms with Gasteiger partial charge in [-0.3, -0.25) is 5.10 Å². The molecule has 2 N–H and O–H groups in total. The third kappa shape index (κ3) is 4.29. The zero-order chi connectivity index (χ0) is 20.6. The number of hydrogen-bond acceptors (Lipinski definition) is 8. The minimum atomic E-state index is -3.33. The Hall–Kier alpha value is -2.43. The lowest BCUT2D eigenvalue weighted by Gasteiger charge is -2.35. The number of thiazole rings is 1. The van der Waals surface area contributed by atoms with Crippen molar-refractivity contribution in [3.05, 3.63) is 36.2 Å². The van der Waals surface area contributed by atoms with Crippen molar-refractivity contribution in [2.24, 2.45) is 0 Å². The second kappa shape index (κ2) is 7.77. The maximum Gasteiger partial charge on any atom is 0.189 e. The number of nitrogens with zero attached hydrogens (tertiary/aromatic N) is 4. The summed E-state index contributed by atoms with van der Waals surface area (Å²) in [5.74, 6) is 0.774. The first-order valence-corrected chi connectivity index (χ1v) is 12.0. The quantitative estimate of drug-likeness (QED) is 0.640. The molecule has 0 bridgehead atoms. The molecule has 0 atom stereocenters. The highest BCUT2D eigenvalue weighted by molar-refractivity contribution is 7.90. The molecule has 10 heteroatoms. The Morgan fingerprint density at radius 3 is 2.59 bits per heavy atom. The fourth-order valence-electron chi connectivity index (χ4n) is 3.43. The molecule has 2 aromatic heterocycles. The molecule has 0 amide bonds. The van der Waals surface area contributed by atoms with Crippen molar-refractivity contribution >= 4 is 37.8 Å². The van der Waals surface area contributed by atoms with Crippen molar-refractivity contribution in [2.45, 2.75) is 11.8 Å². The average molecular weight is 433 g/mol. The molecule has 29 heavy (non-hydrogen) atoms. The highest BCUT2D eigenvalue weighted by atomic mass is 32.2. The molecule has 3 aromatic rings. The van der Waals surface area contributed by atoms with Gasteiger partial charge in [0.05, 0.1) is 27.4 Å². The minimum Gasteiger partial charge on any atom is -0.368 e. The van der Waals surface area contributed by atoms with Crippen LogP contribution in [0.2, 0.25) is 0 Å². The average Bonchev–Trinajstić information content (AvgIpc) is 3.31. The molecule has 0 radical (unpaired) electrons. The number of anilines is 3. The first kappa shape index (κ1) is 19.9. The van der Waals surface area contributed by atoms with Crippen LogP contribution in [0.5, 0.6) is 0 Å². The number of likely N-dealkylation sites (N-methyl/N-ethyl adjacent to an activating group) is 1. The van der Waals surface area contributed by atoms with Crippen molar-refractivity contribution in [2.75, 3.05) is 49.7 Å². The van der Waals surface area contributed by atoms with Crippen LogP contribution in [-0.4, -0.2) is 68.0 Å². The number of hydrogen-bond donors (Lipinski definition) is 2. The Kier molecular flexibility index (Phi) is 5.32. The van der Waals surface area contributed by atoms with E-state index in [9.17, 15) is 8.42 Å². The van der Waals surface area contributed by atoms with Gasteiger partial charge < -0.3 is 15.1 Å². The summed E-state index contributed by atoms with van der Waals surface area (Å²) in [6, 6.07) is 7.42. The molecule has 0 spiro atoms. The van der Waals surface area contributed by atoms with Crippen molar-refractivity contribution < 1.29 is 8.42 Å². The fraction of sp³-hybridized carbons (Fsp3) is 0.368. The highest BCUT2D eigenvalue weighted by Crippen LogP contribution is 2.37. The van der Waals surface area contributed by atoms with E-state index in [1.165, 1.54) is 17.6 Å². The Morgan fingerprint density at radius 2 is 1.93 bits per heavy atom. The van der Waals surface area contributed by atoms with Gasteiger partial charge in [-0.05, 0) is 31.7 Å². The number of aromatic amines is 1. The predicted octanol–water partition coefficient (Wildman–Crippen LogP) is 2.74. The zero-order valence-corrected chi connectivity index (χ0v) is 18.3. The number of nitrogens with one attached hydrogen (secondary N) is 2. The molecule has 154 valence electrons. The molecule has 4 rings (SSSR count). The summed E-state index contributed by atoms with van der Waals surface area (Å²) in [4.78, 5) is 10.4. The number of aryl methyl sites for hydroxylation is 1. The van der Waals surface area contributed by atoms with Gasteiger partial charge in [0.1, 0.15) is 5.82 Å². The maximum atomic E-state index is 12.4. The fourth-order valence-corrected chi connectivity index (χ4v) is 5.28. The largest absolute Gasteiger partial charge is 0.368 e.